The van der Waals surface area contributed by atoms with Crippen molar-refractivity contribution in [2.75, 3.05) is 6.61 Å². The Labute approximate surface area is 119 Å². The lowest BCUT2D eigenvalue weighted by Gasteiger charge is -2.07. The monoisotopic (exact) mass is 278 g/mol. The zero-order valence-corrected chi connectivity index (χ0v) is 12.0. The fourth-order valence-electron chi connectivity index (χ4n) is 1.83. The first kappa shape index (κ1) is 16.2. The van der Waals surface area contributed by atoms with Gasteiger partial charge in [-0.05, 0) is 37.1 Å². The minimum Gasteiger partial charge on any atom is -0.504 e. The van der Waals surface area contributed by atoms with Crippen LogP contribution < -0.4 is 4.74 Å². The number of phenols is 1. The van der Waals surface area contributed by atoms with Crippen LogP contribution in [0.25, 0.3) is 6.08 Å². The molecule has 2 N–H and O–H groups in total. The molecule has 0 saturated carbocycles. The van der Waals surface area contributed by atoms with Crippen LogP contribution in [0.15, 0.2) is 24.3 Å². The van der Waals surface area contributed by atoms with Crippen LogP contribution in [0.5, 0.6) is 11.5 Å². The number of ketones is 1. The van der Waals surface area contributed by atoms with E-state index in [2.05, 4.69) is 0 Å². The average molecular weight is 278 g/mol. The van der Waals surface area contributed by atoms with E-state index in [-0.39, 0.29) is 18.0 Å². The number of aromatic hydroxyl groups is 1. The largest absolute Gasteiger partial charge is 0.504 e. The number of hydrogen-bond acceptors (Lipinski definition) is 4. The minimum absolute atomic E-state index is 0.0775. The molecule has 0 aliphatic rings. The first-order valence-electron chi connectivity index (χ1n) is 6.91. The van der Waals surface area contributed by atoms with E-state index in [1.807, 2.05) is 13.8 Å². The van der Waals surface area contributed by atoms with Crippen molar-refractivity contribution in [1.82, 2.24) is 0 Å². The molecule has 4 heteroatoms. The second-order valence-corrected chi connectivity index (χ2v) is 4.61. The standard InChI is InChI=1S/C16H22O4/c1-3-5-13(17)11-14(18)8-6-12-7-9-15(19)16(10-12)20-4-2/h6-10,13,17,19H,3-5,11H2,1-2H3/b8-6+. The van der Waals surface area contributed by atoms with Crippen molar-refractivity contribution < 1.29 is 19.7 Å². The summed E-state index contributed by atoms with van der Waals surface area (Å²) < 4.78 is 5.27. The van der Waals surface area contributed by atoms with Crippen LogP contribution in [0.1, 0.15) is 38.7 Å². The van der Waals surface area contributed by atoms with E-state index < -0.39 is 6.10 Å². The van der Waals surface area contributed by atoms with Gasteiger partial charge in [0.1, 0.15) is 0 Å². The summed E-state index contributed by atoms with van der Waals surface area (Å²) in [5.74, 6) is 0.360. The Morgan fingerprint density at radius 3 is 2.80 bits per heavy atom. The summed E-state index contributed by atoms with van der Waals surface area (Å²) in [7, 11) is 0. The lowest BCUT2D eigenvalue weighted by atomic mass is 10.1. The molecule has 1 rings (SSSR count). The number of hydrogen-bond donors (Lipinski definition) is 2. The SMILES string of the molecule is CCCC(O)CC(=O)/C=C/c1ccc(O)c(OCC)c1. The Hall–Kier alpha value is -1.81. The number of ether oxygens (including phenoxy) is 1. The quantitative estimate of drug-likeness (QED) is 0.717. The molecule has 110 valence electrons. The van der Waals surface area contributed by atoms with Gasteiger partial charge in [-0.3, -0.25) is 4.79 Å². The molecule has 0 bridgehead atoms. The van der Waals surface area contributed by atoms with Gasteiger partial charge in [0, 0.05) is 6.42 Å². The molecular weight excluding hydrogens is 256 g/mol. The topological polar surface area (TPSA) is 66.8 Å². The van der Waals surface area contributed by atoms with Gasteiger partial charge in [-0.1, -0.05) is 25.5 Å². The fourth-order valence-corrected chi connectivity index (χ4v) is 1.83. The maximum Gasteiger partial charge on any atom is 0.161 e. The van der Waals surface area contributed by atoms with Crippen LogP contribution in [0.2, 0.25) is 0 Å². The summed E-state index contributed by atoms with van der Waals surface area (Å²) in [4.78, 5) is 11.7. The third-order valence-electron chi connectivity index (χ3n) is 2.80. The van der Waals surface area contributed by atoms with E-state index in [1.165, 1.54) is 12.1 Å². The van der Waals surface area contributed by atoms with Crippen LogP contribution in [-0.2, 0) is 4.79 Å². The van der Waals surface area contributed by atoms with E-state index in [4.69, 9.17) is 4.74 Å². The predicted octanol–water partition coefficient (Wildman–Crippen LogP) is 2.92. The second-order valence-electron chi connectivity index (χ2n) is 4.61. The molecular formula is C16H22O4. The Morgan fingerprint density at radius 1 is 1.40 bits per heavy atom. The number of carbonyl (C=O) groups excluding carboxylic acids is 1. The van der Waals surface area contributed by atoms with E-state index in [0.717, 1.165) is 12.0 Å². The number of carbonyl (C=O) groups is 1. The maximum absolute atomic E-state index is 11.7. The van der Waals surface area contributed by atoms with Gasteiger partial charge in [-0.2, -0.15) is 0 Å². The zero-order valence-electron chi connectivity index (χ0n) is 12.0. The number of rotatable bonds is 8. The fraction of sp³-hybridized carbons (Fsp3) is 0.438. The number of allylic oxidation sites excluding steroid dienone is 1. The van der Waals surface area contributed by atoms with Gasteiger partial charge in [0.05, 0.1) is 12.7 Å². The maximum atomic E-state index is 11.7. The molecule has 0 heterocycles. The summed E-state index contributed by atoms with van der Waals surface area (Å²) in [6.45, 7) is 4.26. The van der Waals surface area contributed by atoms with E-state index >= 15 is 0 Å². The smallest absolute Gasteiger partial charge is 0.161 e. The summed E-state index contributed by atoms with van der Waals surface area (Å²) in [6, 6.07) is 4.90. The number of benzene rings is 1. The van der Waals surface area contributed by atoms with Crippen molar-refractivity contribution in [1.29, 1.82) is 0 Å². The molecule has 0 aromatic heterocycles. The van der Waals surface area contributed by atoms with E-state index in [1.54, 1.807) is 18.2 Å². The molecule has 1 aromatic rings. The third-order valence-corrected chi connectivity index (χ3v) is 2.80. The van der Waals surface area contributed by atoms with Crippen molar-refractivity contribution in [3.8, 4) is 11.5 Å². The molecule has 4 nitrogen and oxygen atoms in total. The highest BCUT2D eigenvalue weighted by atomic mass is 16.5. The molecule has 0 aliphatic heterocycles. The molecule has 0 saturated heterocycles. The van der Waals surface area contributed by atoms with Crippen LogP contribution in [0, 0.1) is 0 Å². The van der Waals surface area contributed by atoms with Crippen molar-refractivity contribution in [2.45, 2.75) is 39.2 Å². The Bertz CT molecular complexity index is 466. The molecule has 0 fully saturated rings. The number of aliphatic hydroxyl groups is 1. The second kappa shape index (κ2) is 8.38. The molecule has 1 atom stereocenters. The molecule has 1 aromatic carbocycles. The Balaban J connectivity index is 2.65. The van der Waals surface area contributed by atoms with Gasteiger partial charge in [-0.15, -0.1) is 0 Å². The number of phenolic OH excluding ortho intramolecular Hbond substituents is 1. The van der Waals surface area contributed by atoms with Crippen LogP contribution in [-0.4, -0.2) is 28.7 Å². The van der Waals surface area contributed by atoms with Crippen molar-refractivity contribution in [3.63, 3.8) is 0 Å². The molecule has 0 amide bonds. The summed E-state index contributed by atoms with van der Waals surface area (Å²) in [5.41, 5.74) is 0.768. The van der Waals surface area contributed by atoms with Crippen LogP contribution in [0.4, 0.5) is 0 Å². The first-order valence-corrected chi connectivity index (χ1v) is 6.91. The molecule has 1 unspecified atom stereocenters. The highest BCUT2D eigenvalue weighted by Gasteiger charge is 2.07. The van der Waals surface area contributed by atoms with Crippen molar-refractivity contribution in [3.05, 3.63) is 29.8 Å². The molecule has 20 heavy (non-hydrogen) atoms. The van der Waals surface area contributed by atoms with E-state index in [9.17, 15) is 15.0 Å². The summed E-state index contributed by atoms with van der Waals surface area (Å²) in [6.07, 6.45) is 4.15. The van der Waals surface area contributed by atoms with Gasteiger partial charge in [0.2, 0.25) is 0 Å². The van der Waals surface area contributed by atoms with Crippen molar-refractivity contribution in [2.24, 2.45) is 0 Å². The normalized spacial score (nSPS) is 12.6. The number of aliphatic hydroxyl groups excluding tert-OH is 1. The minimum atomic E-state index is -0.573. The van der Waals surface area contributed by atoms with Gasteiger partial charge in [0.25, 0.3) is 0 Å². The highest BCUT2D eigenvalue weighted by Crippen LogP contribution is 2.27. The average Bonchev–Trinajstić information content (AvgIpc) is 2.40. The van der Waals surface area contributed by atoms with Crippen LogP contribution >= 0.6 is 0 Å². The van der Waals surface area contributed by atoms with Gasteiger partial charge >= 0.3 is 0 Å². The molecule has 0 aliphatic carbocycles. The summed E-state index contributed by atoms with van der Waals surface area (Å²) in [5, 5.41) is 19.1. The van der Waals surface area contributed by atoms with Crippen LogP contribution in [0.3, 0.4) is 0 Å². The Morgan fingerprint density at radius 2 is 2.15 bits per heavy atom. The van der Waals surface area contributed by atoms with Gasteiger partial charge < -0.3 is 14.9 Å². The molecule has 0 radical (unpaired) electrons. The van der Waals surface area contributed by atoms with Gasteiger partial charge in [0.15, 0.2) is 17.3 Å². The Kier molecular flexibility index (Phi) is 6.81. The molecule has 0 spiro atoms. The third kappa shape index (κ3) is 5.45. The lowest BCUT2D eigenvalue weighted by molar-refractivity contribution is -0.116. The lowest BCUT2D eigenvalue weighted by Crippen LogP contribution is -2.11. The first-order chi connectivity index (χ1) is 9.56. The van der Waals surface area contributed by atoms with Gasteiger partial charge in [-0.25, -0.2) is 0 Å². The zero-order chi connectivity index (χ0) is 15.0. The van der Waals surface area contributed by atoms with E-state index in [0.29, 0.717) is 18.8 Å². The van der Waals surface area contributed by atoms with Crippen molar-refractivity contribution >= 4 is 11.9 Å². The summed E-state index contributed by atoms with van der Waals surface area (Å²) >= 11 is 0. The highest BCUT2D eigenvalue weighted by molar-refractivity contribution is 5.93. The predicted molar refractivity (Wildman–Crippen MR) is 78.8 cm³/mol.